The van der Waals surface area contributed by atoms with Crippen LogP contribution in [-0.2, 0) is 9.47 Å². The minimum absolute atomic E-state index is 0.0415. The van der Waals surface area contributed by atoms with Gasteiger partial charge in [0.15, 0.2) is 6.23 Å². The zero-order chi connectivity index (χ0) is 8.10. The van der Waals surface area contributed by atoms with Crippen molar-refractivity contribution >= 4 is 6.34 Å². The summed E-state index contributed by atoms with van der Waals surface area (Å²) in [5.41, 5.74) is 5.12. The summed E-state index contributed by atoms with van der Waals surface area (Å²) < 4.78 is 10.4. The Balaban J connectivity index is 2.23. The van der Waals surface area contributed by atoms with Crippen LogP contribution in [0.15, 0.2) is 4.99 Å². The molecular weight excluding hydrogens is 144 g/mol. The van der Waals surface area contributed by atoms with E-state index in [9.17, 15) is 0 Å². The highest BCUT2D eigenvalue weighted by Gasteiger charge is 2.23. The number of aliphatic imine (C=N–C) groups is 1. The molecule has 0 aliphatic carbocycles. The van der Waals surface area contributed by atoms with Gasteiger partial charge in [-0.3, -0.25) is 0 Å². The average molecular weight is 158 g/mol. The third kappa shape index (κ3) is 2.48. The summed E-state index contributed by atoms with van der Waals surface area (Å²) in [7, 11) is 1.67. The van der Waals surface area contributed by atoms with Crippen LogP contribution in [0.25, 0.3) is 0 Å². The van der Waals surface area contributed by atoms with E-state index in [1.807, 2.05) is 0 Å². The molecule has 1 rings (SSSR count). The second-order valence-electron chi connectivity index (χ2n) is 2.54. The van der Waals surface area contributed by atoms with Crippen LogP contribution in [0.4, 0.5) is 0 Å². The van der Waals surface area contributed by atoms with E-state index < -0.39 is 0 Å². The maximum absolute atomic E-state index is 5.44. The molecule has 0 saturated carbocycles. The SMILES string of the molecule is COCC1CCC(N=CN)O1. The lowest BCUT2D eigenvalue weighted by Gasteiger charge is -2.08. The number of ether oxygens (including phenoxy) is 2. The van der Waals surface area contributed by atoms with Crippen LogP contribution < -0.4 is 5.73 Å². The molecule has 1 fully saturated rings. The zero-order valence-corrected chi connectivity index (χ0v) is 6.69. The minimum Gasteiger partial charge on any atom is -0.390 e. The van der Waals surface area contributed by atoms with Crippen LogP contribution in [0.3, 0.4) is 0 Å². The van der Waals surface area contributed by atoms with Gasteiger partial charge in [-0.1, -0.05) is 0 Å². The van der Waals surface area contributed by atoms with Gasteiger partial charge in [0.25, 0.3) is 0 Å². The van der Waals surface area contributed by atoms with Crippen LogP contribution in [0.5, 0.6) is 0 Å². The molecule has 0 aromatic heterocycles. The van der Waals surface area contributed by atoms with Gasteiger partial charge in [-0.2, -0.15) is 0 Å². The Morgan fingerprint density at radius 2 is 2.55 bits per heavy atom. The van der Waals surface area contributed by atoms with Crippen molar-refractivity contribution in [2.45, 2.75) is 25.2 Å². The molecule has 0 amide bonds. The first-order chi connectivity index (χ1) is 5.36. The lowest BCUT2D eigenvalue weighted by molar-refractivity contribution is 0.00231. The van der Waals surface area contributed by atoms with E-state index in [1.54, 1.807) is 7.11 Å². The van der Waals surface area contributed by atoms with Crippen molar-refractivity contribution in [3.8, 4) is 0 Å². The summed E-state index contributed by atoms with van der Waals surface area (Å²) >= 11 is 0. The Kier molecular flexibility index (Phi) is 3.32. The standard InChI is InChI=1S/C7H14N2O2/c1-10-4-6-2-3-7(11-6)9-5-8/h5-7H,2-4H2,1H3,(H2,8,9). The fourth-order valence-corrected chi connectivity index (χ4v) is 1.20. The summed E-state index contributed by atoms with van der Waals surface area (Å²) in [6.45, 7) is 0.649. The molecule has 1 aliphatic heterocycles. The second kappa shape index (κ2) is 4.31. The first-order valence-corrected chi connectivity index (χ1v) is 3.74. The van der Waals surface area contributed by atoms with E-state index in [-0.39, 0.29) is 12.3 Å². The molecule has 1 saturated heterocycles. The maximum atomic E-state index is 5.44. The number of rotatable bonds is 3. The summed E-state index contributed by atoms with van der Waals surface area (Å²) in [4.78, 5) is 3.93. The van der Waals surface area contributed by atoms with E-state index in [1.165, 1.54) is 6.34 Å². The topological polar surface area (TPSA) is 56.8 Å². The highest BCUT2D eigenvalue weighted by molar-refractivity contribution is 5.51. The molecule has 0 spiro atoms. The third-order valence-electron chi connectivity index (χ3n) is 1.69. The first kappa shape index (κ1) is 8.49. The predicted octanol–water partition coefficient (Wildman–Crippen LogP) is 0.125. The Bertz CT molecular complexity index is 138. The van der Waals surface area contributed by atoms with Gasteiger partial charge in [0.2, 0.25) is 0 Å². The molecule has 11 heavy (non-hydrogen) atoms. The van der Waals surface area contributed by atoms with Crippen LogP contribution in [0.2, 0.25) is 0 Å². The van der Waals surface area contributed by atoms with Crippen molar-refractivity contribution in [2.75, 3.05) is 13.7 Å². The highest BCUT2D eigenvalue weighted by atomic mass is 16.5. The lowest BCUT2D eigenvalue weighted by atomic mass is 10.2. The van der Waals surface area contributed by atoms with Gasteiger partial charge in [-0.05, 0) is 12.8 Å². The van der Waals surface area contributed by atoms with Crippen LogP contribution in [0.1, 0.15) is 12.8 Å². The molecular formula is C7H14N2O2. The van der Waals surface area contributed by atoms with E-state index in [0.29, 0.717) is 6.61 Å². The maximum Gasteiger partial charge on any atom is 0.150 e. The predicted molar refractivity (Wildman–Crippen MR) is 42.5 cm³/mol. The second-order valence-corrected chi connectivity index (χ2v) is 2.54. The monoisotopic (exact) mass is 158 g/mol. The van der Waals surface area contributed by atoms with Crippen LogP contribution in [0, 0.1) is 0 Å². The van der Waals surface area contributed by atoms with Gasteiger partial charge < -0.3 is 15.2 Å². The lowest BCUT2D eigenvalue weighted by Crippen LogP contribution is -2.15. The molecule has 0 aromatic carbocycles. The average Bonchev–Trinajstić information content (AvgIpc) is 2.38. The van der Waals surface area contributed by atoms with Crippen molar-refractivity contribution < 1.29 is 9.47 Å². The van der Waals surface area contributed by atoms with Gasteiger partial charge in [0, 0.05) is 7.11 Å². The van der Waals surface area contributed by atoms with Gasteiger partial charge in [0.1, 0.15) is 0 Å². The van der Waals surface area contributed by atoms with Crippen molar-refractivity contribution in [2.24, 2.45) is 10.7 Å². The smallest absolute Gasteiger partial charge is 0.150 e. The van der Waals surface area contributed by atoms with Crippen molar-refractivity contribution in [3.05, 3.63) is 0 Å². The fourth-order valence-electron chi connectivity index (χ4n) is 1.20. The van der Waals surface area contributed by atoms with E-state index in [4.69, 9.17) is 15.2 Å². The van der Waals surface area contributed by atoms with Crippen LogP contribution >= 0.6 is 0 Å². The molecule has 64 valence electrons. The highest BCUT2D eigenvalue weighted by Crippen LogP contribution is 2.19. The Morgan fingerprint density at radius 1 is 1.73 bits per heavy atom. The van der Waals surface area contributed by atoms with Crippen molar-refractivity contribution in [3.63, 3.8) is 0 Å². The third-order valence-corrected chi connectivity index (χ3v) is 1.69. The number of hydrogen-bond donors (Lipinski definition) is 1. The molecule has 0 radical (unpaired) electrons. The van der Waals surface area contributed by atoms with Gasteiger partial charge in [-0.25, -0.2) is 4.99 Å². The number of methoxy groups -OCH3 is 1. The molecule has 2 N–H and O–H groups in total. The Hall–Kier alpha value is -0.610. The summed E-state index contributed by atoms with van der Waals surface area (Å²) in [6.07, 6.45) is 3.41. The molecule has 1 heterocycles. The number of hydrogen-bond acceptors (Lipinski definition) is 3. The van der Waals surface area contributed by atoms with Gasteiger partial charge >= 0.3 is 0 Å². The van der Waals surface area contributed by atoms with Crippen molar-refractivity contribution in [1.82, 2.24) is 0 Å². The molecule has 2 unspecified atom stereocenters. The molecule has 0 aromatic rings. The van der Waals surface area contributed by atoms with Crippen LogP contribution in [-0.4, -0.2) is 32.4 Å². The van der Waals surface area contributed by atoms with E-state index in [0.717, 1.165) is 12.8 Å². The molecule has 4 heteroatoms. The minimum atomic E-state index is -0.0415. The summed E-state index contributed by atoms with van der Waals surface area (Å²) in [5, 5.41) is 0. The van der Waals surface area contributed by atoms with Gasteiger partial charge in [-0.15, -0.1) is 0 Å². The number of nitrogens with two attached hydrogens (primary N) is 1. The first-order valence-electron chi connectivity index (χ1n) is 3.74. The summed E-state index contributed by atoms with van der Waals surface area (Å²) in [6, 6.07) is 0. The van der Waals surface area contributed by atoms with Crippen molar-refractivity contribution in [1.29, 1.82) is 0 Å². The molecule has 4 nitrogen and oxygen atoms in total. The summed E-state index contributed by atoms with van der Waals surface area (Å²) in [5.74, 6) is 0. The normalized spacial score (nSPS) is 31.7. The molecule has 0 bridgehead atoms. The Labute approximate surface area is 66.4 Å². The molecule has 1 aliphatic rings. The Morgan fingerprint density at radius 3 is 3.18 bits per heavy atom. The van der Waals surface area contributed by atoms with E-state index >= 15 is 0 Å². The zero-order valence-electron chi connectivity index (χ0n) is 6.69. The van der Waals surface area contributed by atoms with Gasteiger partial charge in [0.05, 0.1) is 19.0 Å². The number of nitrogens with zero attached hydrogens (tertiary/aromatic N) is 1. The molecule has 2 atom stereocenters. The fraction of sp³-hybridized carbons (Fsp3) is 0.857. The quantitative estimate of drug-likeness (QED) is 0.469. The largest absolute Gasteiger partial charge is 0.390 e. The van der Waals surface area contributed by atoms with E-state index in [2.05, 4.69) is 4.99 Å².